The van der Waals surface area contributed by atoms with Gasteiger partial charge in [0.2, 0.25) is 0 Å². The molecule has 0 radical (unpaired) electrons. The summed E-state index contributed by atoms with van der Waals surface area (Å²) in [6.45, 7) is 12.4. The fourth-order valence-electron chi connectivity index (χ4n) is 3.67. The van der Waals surface area contributed by atoms with Gasteiger partial charge in [0.15, 0.2) is 0 Å². The van der Waals surface area contributed by atoms with Gasteiger partial charge in [0.1, 0.15) is 16.5 Å². The van der Waals surface area contributed by atoms with Crippen LogP contribution in [0.2, 0.25) is 0 Å². The summed E-state index contributed by atoms with van der Waals surface area (Å²) in [5, 5.41) is 0. The number of amides is 1. The highest BCUT2D eigenvalue weighted by Crippen LogP contribution is 2.48. The molecule has 0 aromatic rings. The van der Waals surface area contributed by atoms with Gasteiger partial charge >= 0.3 is 6.09 Å². The number of carbonyl (C=O) groups excluding carboxylic acids is 1. The second-order valence-electron chi connectivity index (χ2n) is 9.42. The summed E-state index contributed by atoms with van der Waals surface area (Å²) in [4.78, 5) is 13.9. The van der Waals surface area contributed by atoms with Crippen molar-refractivity contribution in [3.05, 3.63) is 0 Å². The van der Waals surface area contributed by atoms with Gasteiger partial charge in [-0.05, 0) is 72.6 Å². The van der Waals surface area contributed by atoms with Crippen LogP contribution < -0.4 is 4.72 Å². The predicted molar refractivity (Wildman–Crippen MR) is 98.4 cm³/mol. The number of carbonyl (C=O) groups is 1. The minimum atomic E-state index is -1.22. The highest BCUT2D eigenvalue weighted by atomic mass is 32.2. The Bertz CT molecular complexity index is 482. The average molecular weight is 377 g/mol. The topological polar surface area (TPSA) is 64.6 Å². The summed E-state index contributed by atoms with van der Waals surface area (Å²) in [5.41, 5.74) is -0.740. The maximum absolute atomic E-state index is 14.2. The molecule has 1 amide bonds. The van der Waals surface area contributed by atoms with E-state index < -0.39 is 23.1 Å². The van der Waals surface area contributed by atoms with Crippen molar-refractivity contribution in [2.24, 2.45) is 5.41 Å². The van der Waals surface area contributed by atoms with Crippen LogP contribution in [0.4, 0.5) is 9.18 Å². The zero-order valence-electron chi connectivity index (χ0n) is 16.4. The van der Waals surface area contributed by atoms with Crippen molar-refractivity contribution in [2.45, 2.75) is 89.8 Å². The number of piperidine rings is 1. The molecule has 1 heterocycles. The maximum Gasteiger partial charge on any atom is 0.410 e. The Labute approximate surface area is 154 Å². The lowest BCUT2D eigenvalue weighted by Gasteiger charge is -2.43. The van der Waals surface area contributed by atoms with E-state index in [4.69, 9.17) is 4.74 Å². The molecule has 0 bridgehead atoms. The highest BCUT2D eigenvalue weighted by Gasteiger charge is 2.52. The van der Waals surface area contributed by atoms with Crippen molar-refractivity contribution < 1.29 is 18.5 Å². The Morgan fingerprint density at radius 2 is 1.80 bits per heavy atom. The summed E-state index contributed by atoms with van der Waals surface area (Å²) in [6, 6.07) is -0.108. The molecule has 2 rings (SSSR count). The molecule has 3 atom stereocenters. The van der Waals surface area contributed by atoms with E-state index in [-0.39, 0.29) is 22.3 Å². The zero-order chi connectivity index (χ0) is 19.0. The summed E-state index contributed by atoms with van der Waals surface area (Å²) in [6.07, 6.45) is 1.13. The monoisotopic (exact) mass is 376 g/mol. The number of rotatable bonds is 2. The normalized spacial score (nSPS) is 28.2. The maximum atomic E-state index is 14.2. The van der Waals surface area contributed by atoms with E-state index in [1.54, 1.807) is 4.90 Å². The number of ether oxygens (including phenoxy) is 1. The second kappa shape index (κ2) is 7.24. The molecule has 1 N–H and O–H groups in total. The minimum Gasteiger partial charge on any atom is -0.598 e. The predicted octanol–water partition coefficient (Wildman–Crippen LogP) is 3.56. The van der Waals surface area contributed by atoms with Crippen LogP contribution in [-0.2, 0) is 16.1 Å². The first-order valence-corrected chi connectivity index (χ1v) is 10.3. The van der Waals surface area contributed by atoms with Gasteiger partial charge in [0.25, 0.3) is 0 Å². The number of hydrogen-bond acceptors (Lipinski definition) is 4. The number of likely N-dealkylation sites (tertiary alicyclic amines) is 1. The molecule has 25 heavy (non-hydrogen) atoms. The van der Waals surface area contributed by atoms with Gasteiger partial charge in [-0.2, -0.15) is 0 Å². The lowest BCUT2D eigenvalue weighted by atomic mass is 9.74. The Hall–Kier alpha value is -0.530. The molecule has 1 saturated carbocycles. The smallest absolute Gasteiger partial charge is 0.410 e. The lowest BCUT2D eigenvalue weighted by Crippen LogP contribution is -2.54. The highest BCUT2D eigenvalue weighted by molar-refractivity contribution is 7.90. The zero-order valence-corrected chi connectivity index (χ0v) is 17.2. The van der Waals surface area contributed by atoms with Crippen LogP contribution in [0, 0.1) is 5.41 Å². The van der Waals surface area contributed by atoms with E-state index in [1.807, 2.05) is 41.5 Å². The SMILES string of the molecule is CC(C)(C)OC(=O)N1CCC2(CC1)C[C@@H](F)C[C@H]2N[S+]([O-])C(C)(C)C. The van der Waals surface area contributed by atoms with Gasteiger partial charge in [-0.25, -0.2) is 9.18 Å². The van der Waals surface area contributed by atoms with Gasteiger partial charge in [-0.3, -0.25) is 0 Å². The Kier molecular flexibility index (Phi) is 6.01. The van der Waals surface area contributed by atoms with Crippen molar-refractivity contribution in [1.82, 2.24) is 9.62 Å². The molecule has 2 fully saturated rings. The van der Waals surface area contributed by atoms with E-state index in [1.165, 1.54) is 0 Å². The van der Waals surface area contributed by atoms with E-state index in [0.717, 1.165) is 0 Å². The van der Waals surface area contributed by atoms with E-state index in [0.29, 0.717) is 38.8 Å². The third-order valence-electron chi connectivity index (χ3n) is 5.08. The Morgan fingerprint density at radius 1 is 1.24 bits per heavy atom. The van der Waals surface area contributed by atoms with Crippen LogP contribution in [0.15, 0.2) is 0 Å². The van der Waals surface area contributed by atoms with E-state index >= 15 is 0 Å². The second-order valence-corrected chi connectivity index (χ2v) is 11.4. The Balaban J connectivity index is 2.00. The van der Waals surface area contributed by atoms with Gasteiger partial charge in [0.05, 0.1) is 6.04 Å². The number of halogens is 1. The molecular formula is C18H33FN2O3S. The van der Waals surface area contributed by atoms with Gasteiger partial charge in [-0.15, -0.1) is 4.72 Å². The largest absolute Gasteiger partial charge is 0.598 e. The van der Waals surface area contributed by atoms with Crippen LogP contribution in [0.5, 0.6) is 0 Å². The molecule has 146 valence electrons. The molecule has 1 aliphatic heterocycles. The molecule has 2 aliphatic rings. The molecule has 0 aromatic carbocycles. The van der Waals surface area contributed by atoms with E-state index in [2.05, 4.69) is 4.72 Å². The summed E-state index contributed by atoms with van der Waals surface area (Å²) in [7, 11) is 0. The minimum absolute atomic E-state index is 0.108. The van der Waals surface area contributed by atoms with Crippen molar-refractivity contribution in [3.8, 4) is 0 Å². The number of nitrogens with zero attached hydrogens (tertiary/aromatic N) is 1. The first-order chi connectivity index (χ1) is 11.3. The molecular weight excluding hydrogens is 343 g/mol. The summed E-state index contributed by atoms with van der Waals surface area (Å²) >= 11 is -1.22. The first kappa shape index (κ1) is 20.8. The first-order valence-electron chi connectivity index (χ1n) is 9.12. The van der Waals surface area contributed by atoms with Gasteiger partial charge in [-0.1, -0.05) is 0 Å². The van der Waals surface area contributed by atoms with Crippen molar-refractivity contribution >= 4 is 17.5 Å². The summed E-state index contributed by atoms with van der Waals surface area (Å²) < 4.78 is 34.9. The van der Waals surface area contributed by atoms with Gasteiger partial charge in [0, 0.05) is 24.5 Å². The van der Waals surface area contributed by atoms with Crippen LogP contribution >= 0.6 is 0 Å². The quantitative estimate of drug-likeness (QED) is 0.749. The summed E-state index contributed by atoms with van der Waals surface area (Å²) in [5.74, 6) is 0. The molecule has 1 aliphatic carbocycles. The van der Waals surface area contributed by atoms with Crippen molar-refractivity contribution in [1.29, 1.82) is 0 Å². The fraction of sp³-hybridized carbons (Fsp3) is 0.944. The van der Waals surface area contributed by atoms with Crippen LogP contribution in [0.25, 0.3) is 0 Å². The molecule has 1 unspecified atom stereocenters. The molecule has 1 spiro atoms. The Morgan fingerprint density at radius 3 is 2.28 bits per heavy atom. The lowest BCUT2D eigenvalue weighted by molar-refractivity contribution is 0.00761. The third kappa shape index (κ3) is 5.23. The van der Waals surface area contributed by atoms with Crippen molar-refractivity contribution in [2.75, 3.05) is 13.1 Å². The van der Waals surface area contributed by atoms with Crippen LogP contribution in [0.1, 0.15) is 67.2 Å². The van der Waals surface area contributed by atoms with Gasteiger partial charge < -0.3 is 14.2 Å². The third-order valence-corrected chi connectivity index (χ3v) is 6.69. The molecule has 0 aromatic heterocycles. The molecule has 1 saturated heterocycles. The molecule has 5 nitrogen and oxygen atoms in total. The number of nitrogens with one attached hydrogen (secondary N) is 1. The van der Waals surface area contributed by atoms with Crippen molar-refractivity contribution in [3.63, 3.8) is 0 Å². The van der Waals surface area contributed by atoms with Crippen LogP contribution in [-0.4, -0.2) is 51.2 Å². The molecule has 7 heteroatoms. The average Bonchev–Trinajstić information content (AvgIpc) is 2.72. The standard InChI is InChI=1S/C18H33FN2O3S/c1-16(2,3)24-15(22)21-9-7-18(8-10-21)12-13(19)11-14(18)20-25(23)17(4,5)6/h13-14,20H,7-12H2,1-6H3/t13-,14+,25?/m0/s1. The van der Waals surface area contributed by atoms with E-state index in [9.17, 15) is 13.7 Å². The van der Waals surface area contributed by atoms with Crippen LogP contribution in [0.3, 0.4) is 0 Å². The number of hydrogen-bond donors (Lipinski definition) is 1. The number of alkyl halides is 1. The fourth-order valence-corrected chi connectivity index (χ4v) is 4.62.